The van der Waals surface area contributed by atoms with E-state index in [0.717, 1.165) is 6.42 Å². The van der Waals surface area contributed by atoms with E-state index in [-0.39, 0.29) is 36.6 Å². The van der Waals surface area contributed by atoms with Gasteiger partial charge >= 0.3 is 5.97 Å². The van der Waals surface area contributed by atoms with Crippen molar-refractivity contribution in [2.75, 3.05) is 12.4 Å². The minimum Gasteiger partial charge on any atom is -0.495 e. The largest absolute Gasteiger partial charge is 0.495 e. The predicted molar refractivity (Wildman–Crippen MR) is 105 cm³/mol. The van der Waals surface area contributed by atoms with Crippen molar-refractivity contribution in [3.05, 3.63) is 36.0 Å². The number of carbonyl (C=O) groups excluding carboxylic acids is 2. The maximum absolute atomic E-state index is 12.2. The third-order valence-electron chi connectivity index (χ3n) is 5.05. The maximum Gasteiger partial charge on any atom is 0.306 e. The van der Waals surface area contributed by atoms with E-state index in [0.29, 0.717) is 23.8 Å². The Morgan fingerprint density at radius 1 is 1.21 bits per heavy atom. The van der Waals surface area contributed by atoms with Crippen LogP contribution in [0.15, 0.2) is 28.8 Å². The predicted octanol–water partition coefficient (Wildman–Crippen LogP) is 3.66. The van der Waals surface area contributed by atoms with Crippen LogP contribution in [-0.4, -0.2) is 29.1 Å². The Hall–Kier alpha value is -2.90. The molecule has 0 spiro atoms. The molecule has 1 aromatic heterocycles. The molecule has 0 atom stereocenters. The van der Waals surface area contributed by atoms with Gasteiger partial charge in [0.15, 0.2) is 12.4 Å². The molecule has 1 N–H and O–H groups in total. The van der Waals surface area contributed by atoms with Crippen LogP contribution in [0, 0.1) is 5.92 Å². The van der Waals surface area contributed by atoms with Crippen LogP contribution < -0.4 is 10.1 Å². The average molecular weight is 401 g/mol. The number of esters is 1. The molecule has 8 nitrogen and oxygen atoms in total. The van der Waals surface area contributed by atoms with E-state index in [9.17, 15) is 9.59 Å². The number of nitrogens with one attached hydrogen (secondary N) is 1. The molecule has 1 amide bonds. The molecule has 1 heterocycles. The van der Waals surface area contributed by atoms with Crippen molar-refractivity contribution < 1.29 is 23.6 Å². The molecule has 1 fully saturated rings. The fraction of sp³-hybridized carbons (Fsp3) is 0.524. The number of para-hydroxylation sites is 2. The molecule has 1 saturated carbocycles. The third-order valence-corrected chi connectivity index (χ3v) is 5.05. The topological polar surface area (TPSA) is 104 Å². The van der Waals surface area contributed by atoms with E-state index in [1.807, 2.05) is 6.07 Å². The Morgan fingerprint density at radius 2 is 2.00 bits per heavy atom. The quantitative estimate of drug-likeness (QED) is 0.639. The van der Waals surface area contributed by atoms with Crippen molar-refractivity contribution in [2.45, 2.75) is 58.0 Å². The monoisotopic (exact) mass is 401 g/mol. The van der Waals surface area contributed by atoms with E-state index < -0.39 is 0 Å². The smallest absolute Gasteiger partial charge is 0.306 e. The molecule has 0 radical (unpaired) electrons. The lowest BCUT2D eigenvalue weighted by Crippen LogP contribution is -2.15. The van der Waals surface area contributed by atoms with Gasteiger partial charge in [-0.1, -0.05) is 49.4 Å². The van der Waals surface area contributed by atoms with E-state index in [1.54, 1.807) is 18.2 Å². The van der Waals surface area contributed by atoms with Gasteiger partial charge in [0.2, 0.25) is 5.91 Å². The van der Waals surface area contributed by atoms with Crippen molar-refractivity contribution in [3.8, 4) is 5.75 Å². The van der Waals surface area contributed by atoms with Crippen LogP contribution in [0.3, 0.4) is 0 Å². The first kappa shape index (κ1) is 20.8. The number of hydrogen-bond donors (Lipinski definition) is 1. The van der Waals surface area contributed by atoms with Crippen molar-refractivity contribution in [3.63, 3.8) is 0 Å². The summed E-state index contributed by atoms with van der Waals surface area (Å²) in [7, 11) is 1.53. The van der Waals surface area contributed by atoms with Crippen molar-refractivity contribution >= 4 is 17.6 Å². The first-order chi connectivity index (χ1) is 14.1. The highest BCUT2D eigenvalue weighted by Gasteiger charge is 2.17. The third kappa shape index (κ3) is 6.58. The van der Waals surface area contributed by atoms with Crippen LogP contribution in [0.4, 0.5) is 5.69 Å². The van der Waals surface area contributed by atoms with Gasteiger partial charge in [-0.2, -0.15) is 4.98 Å². The summed E-state index contributed by atoms with van der Waals surface area (Å²) in [6, 6.07) is 7.11. The molecule has 2 aromatic rings. The van der Waals surface area contributed by atoms with Gasteiger partial charge in [-0.05, 0) is 24.5 Å². The van der Waals surface area contributed by atoms with Gasteiger partial charge in [0.05, 0.1) is 19.2 Å². The zero-order chi connectivity index (χ0) is 20.5. The van der Waals surface area contributed by atoms with Gasteiger partial charge in [0.25, 0.3) is 5.89 Å². The Labute approximate surface area is 170 Å². The van der Waals surface area contributed by atoms with Crippen molar-refractivity contribution in [1.29, 1.82) is 0 Å². The summed E-state index contributed by atoms with van der Waals surface area (Å²) >= 11 is 0. The average Bonchev–Trinajstić information content (AvgIpc) is 3.19. The second kappa shape index (κ2) is 10.6. The number of amides is 1. The molecular formula is C21H27N3O5. The van der Waals surface area contributed by atoms with Crippen LogP contribution >= 0.6 is 0 Å². The minimum absolute atomic E-state index is 0.0584. The molecule has 0 unspecified atom stereocenters. The summed E-state index contributed by atoms with van der Waals surface area (Å²) in [6.07, 6.45) is 7.46. The fourth-order valence-electron chi connectivity index (χ4n) is 3.52. The number of hydrogen-bond acceptors (Lipinski definition) is 7. The van der Waals surface area contributed by atoms with Crippen LogP contribution in [0.5, 0.6) is 5.75 Å². The van der Waals surface area contributed by atoms with Gasteiger partial charge in [0, 0.05) is 6.42 Å². The van der Waals surface area contributed by atoms with Gasteiger partial charge in [-0.3, -0.25) is 9.59 Å². The van der Waals surface area contributed by atoms with Gasteiger partial charge < -0.3 is 19.3 Å². The number of nitrogens with zero attached hydrogens (tertiary/aromatic N) is 2. The molecule has 0 bridgehead atoms. The molecule has 1 aromatic carbocycles. The lowest BCUT2D eigenvalue weighted by molar-refractivity contribution is -0.146. The number of rotatable bonds is 9. The second-order valence-corrected chi connectivity index (χ2v) is 7.23. The number of aromatic nitrogens is 2. The molecule has 8 heteroatoms. The lowest BCUT2D eigenvalue weighted by atomic mass is 9.86. The normalized spacial score (nSPS) is 14.4. The molecule has 1 aliphatic rings. The number of anilines is 1. The van der Waals surface area contributed by atoms with Gasteiger partial charge in [-0.15, -0.1) is 0 Å². The van der Waals surface area contributed by atoms with Crippen LogP contribution in [-0.2, 0) is 27.4 Å². The van der Waals surface area contributed by atoms with E-state index in [2.05, 4.69) is 15.5 Å². The highest BCUT2D eigenvalue weighted by Crippen LogP contribution is 2.27. The zero-order valence-corrected chi connectivity index (χ0v) is 16.7. The van der Waals surface area contributed by atoms with Crippen LogP contribution in [0.2, 0.25) is 0 Å². The molecule has 1 aliphatic carbocycles. The van der Waals surface area contributed by atoms with Gasteiger partial charge in [-0.25, -0.2) is 0 Å². The number of methoxy groups -OCH3 is 1. The Morgan fingerprint density at radius 3 is 2.79 bits per heavy atom. The summed E-state index contributed by atoms with van der Waals surface area (Å²) in [5.74, 6) is 1.04. The molecule has 29 heavy (non-hydrogen) atoms. The zero-order valence-electron chi connectivity index (χ0n) is 16.7. The molecular weight excluding hydrogens is 374 g/mol. The van der Waals surface area contributed by atoms with Gasteiger partial charge in [0.1, 0.15) is 5.75 Å². The highest BCUT2D eigenvalue weighted by molar-refractivity contribution is 5.93. The summed E-state index contributed by atoms with van der Waals surface area (Å²) in [4.78, 5) is 28.2. The van der Waals surface area contributed by atoms with Crippen LogP contribution in [0.25, 0.3) is 0 Å². The van der Waals surface area contributed by atoms with E-state index in [1.165, 1.54) is 39.2 Å². The maximum atomic E-state index is 12.2. The molecule has 0 saturated heterocycles. The lowest BCUT2D eigenvalue weighted by Gasteiger charge is -2.20. The number of benzene rings is 1. The van der Waals surface area contributed by atoms with Crippen LogP contribution in [0.1, 0.15) is 56.7 Å². The highest BCUT2D eigenvalue weighted by atomic mass is 16.6. The first-order valence-corrected chi connectivity index (χ1v) is 10.0. The summed E-state index contributed by atoms with van der Waals surface area (Å²) in [6.45, 7) is -0.0787. The molecule has 156 valence electrons. The van der Waals surface area contributed by atoms with E-state index in [4.69, 9.17) is 14.0 Å². The molecule has 0 aliphatic heterocycles. The van der Waals surface area contributed by atoms with Crippen molar-refractivity contribution in [2.24, 2.45) is 5.92 Å². The molecule has 3 rings (SSSR count). The minimum atomic E-state index is -0.300. The Balaban J connectivity index is 1.40. The standard InChI is InChI=1S/C21H27N3O5/c1-27-17-10-6-5-9-16(17)22-19(25)13-18-23-20(29-24-18)14-28-21(26)12-11-15-7-3-2-4-8-15/h5-6,9-10,15H,2-4,7-8,11-14H2,1H3,(H,22,25). The first-order valence-electron chi connectivity index (χ1n) is 10.0. The summed E-state index contributed by atoms with van der Waals surface area (Å²) in [5.41, 5.74) is 0.565. The Bertz CT molecular complexity index is 814. The second-order valence-electron chi connectivity index (χ2n) is 7.23. The fourth-order valence-corrected chi connectivity index (χ4v) is 3.52. The number of ether oxygens (including phenoxy) is 2. The summed E-state index contributed by atoms with van der Waals surface area (Å²) in [5, 5.41) is 6.51. The number of carbonyl (C=O) groups is 2. The Kier molecular flexibility index (Phi) is 7.61. The SMILES string of the molecule is COc1ccccc1NC(=O)Cc1noc(COC(=O)CCC2CCCCC2)n1. The van der Waals surface area contributed by atoms with Crippen molar-refractivity contribution in [1.82, 2.24) is 10.1 Å². The summed E-state index contributed by atoms with van der Waals surface area (Å²) < 4.78 is 15.5. The van der Waals surface area contributed by atoms with E-state index >= 15 is 0 Å².